The Hall–Kier alpha value is -2.79. The van der Waals surface area contributed by atoms with Crippen LogP contribution in [0.25, 0.3) is 11.1 Å². The number of nitrogens with zero attached hydrogens (tertiary/aromatic N) is 1. The SMILES string of the molecule is Nc1ccc(Br)c2c1CN(C(=O)OCC1c3ccccc3-c3ccccc31)C2. The Labute approximate surface area is 172 Å². The van der Waals surface area contributed by atoms with Crippen molar-refractivity contribution < 1.29 is 9.53 Å². The summed E-state index contributed by atoms with van der Waals surface area (Å²) in [5.41, 5.74) is 13.7. The predicted molar refractivity (Wildman–Crippen MR) is 113 cm³/mol. The van der Waals surface area contributed by atoms with E-state index in [0.717, 1.165) is 15.6 Å². The molecule has 1 heterocycles. The standard InChI is InChI=1S/C23H19BrN2O2/c24-21-9-10-22(25)19-12-26(11-18(19)21)23(27)28-13-20-16-7-3-1-5-14(16)15-6-2-4-8-17(15)20/h1-10,20H,11-13,25H2. The summed E-state index contributed by atoms with van der Waals surface area (Å²) in [6, 6.07) is 20.5. The number of amides is 1. The van der Waals surface area contributed by atoms with Crippen molar-refractivity contribution in [1.82, 2.24) is 4.90 Å². The fourth-order valence-corrected chi connectivity index (χ4v) is 4.79. The van der Waals surface area contributed by atoms with Crippen molar-refractivity contribution in [3.63, 3.8) is 0 Å². The van der Waals surface area contributed by atoms with Crippen LogP contribution in [0.1, 0.15) is 28.2 Å². The third-order valence-electron chi connectivity index (χ3n) is 5.70. The van der Waals surface area contributed by atoms with Crippen LogP contribution in [0, 0.1) is 0 Å². The number of rotatable bonds is 2. The minimum absolute atomic E-state index is 0.0677. The van der Waals surface area contributed by atoms with E-state index in [1.165, 1.54) is 22.3 Å². The minimum atomic E-state index is -0.302. The molecule has 28 heavy (non-hydrogen) atoms. The van der Waals surface area contributed by atoms with E-state index in [9.17, 15) is 4.79 Å². The molecule has 0 fully saturated rings. The Bertz CT molecular complexity index is 1020. The molecule has 3 aromatic rings. The molecule has 1 aliphatic carbocycles. The number of benzene rings is 3. The van der Waals surface area contributed by atoms with Crippen LogP contribution in [0.15, 0.2) is 65.1 Å². The van der Waals surface area contributed by atoms with Gasteiger partial charge in [-0.15, -0.1) is 0 Å². The fraction of sp³-hybridized carbons (Fsp3) is 0.174. The van der Waals surface area contributed by atoms with Crippen molar-refractivity contribution in [3.8, 4) is 11.1 Å². The highest BCUT2D eigenvalue weighted by molar-refractivity contribution is 9.10. The highest BCUT2D eigenvalue weighted by Crippen LogP contribution is 2.44. The number of carbonyl (C=O) groups is 1. The third kappa shape index (κ3) is 2.69. The Kier molecular flexibility index (Phi) is 4.13. The largest absolute Gasteiger partial charge is 0.448 e. The minimum Gasteiger partial charge on any atom is -0.448 e. The smallest absolute Gasteiger partial charge is 0.410 e. The van der Waals surface area contributed by atoms with E-state index in [1.54, 1.807) is 4.90 Å². The van der Waals surface area contributed by atoms with Crippen LogP contribution in [0.3, 0.4) is 0 Å². The van der Waals surface area contributed by atoms with Gasteiger partial charge < -0.3 is 10.5 Å². The van der Waals surface area contributed by atoms with Crippen molar-refractivity contribution in [1.29, 1.82) is 0 Å². The summed E-state index contributed by atoms with van der Waals surface area (Å²) < 4.78 is 6.74. The number of anilines is 1. The molecular weight excluding hydrogens is 416 g/mol. The first-order valence-corrected chi connectivity index (χ1v) is 10.1. The number of hydrogen-bond acceptors (Lipinski definition) is 3. The van der Waals surface area contributed by atoms with Crippen LogP contribution < -0.4 is 5.73 Å². The molecule has 0 bridgehead atoms. The lowest BCUT2D eigenvalue weighted by molar-refractivity contribution is 0.0990. The molecule has 1 amide bonds. The van der Waals surface area contributed by atoms with E-state index in [2.05, 4.69) is 40.2 Å². The molecule has 4 nitrogen and oxygen atoms in total. The molecule has 0 unspecified atom stereocenters. The van der Waals surface area contributed by atoms with Crippen molar-refractivity contribution in [3.05, 3.63) is 87.4 Å². The zero-order valence-corrected chi connectivity index (χ0v) is 16.8. The summed E-state index contributed by atoms with van der Waals surface area (Å²) in [5.74, 6) is 0.0677. The van der Waals surface area contributed by atoms with Gasteiger partial charge in [-0.05, 0) is 39.9 Å². The van der Waals surface area contributed by atoms with Crippen LogP contribution in [0.5, 0.6) is 0 Å². The number of carbonyl (C=O) groups excluding carboxylic acids is 1. The van der Waals surface area contributed by atoms with Gasteiger partial charge in [-0.3, -0.25) is 4.90 Å². The molecular formula is C23H19BrN2O2. The van der Waals surface area contributed by atoms with E-state index < -0.39 is 0 Å². The monoisotopic (exact) mass is 434 g/mol. The van der Waals surface area contributed by atoms with Gasteiger partial charge in [0, 0.05) is 21.6 Å². The van der Waals surface area contributed by atoms with Crippen LogP contribution in [-0.4, -0.2) is 17.6 Å². The van der Waals surface area contributed by atoms with Gasteiger partial charge in [-0.1, -0.05) is 64.5 Å². The average Bonchev–Trinajstić information content (AvgIpc) is 3.30. The van der Waals surface area contributed by atoms with Crippen molar-refractivity contribution in [2.24, 2.45) is 0 Å². The molecule has 5 rings (SSSR count). The summed E-state index contributed by atoms with van der Waals surface area (Å²) in [4.78, 5) is 14.5. The van der Waals surface area contributed by atoms with E-state index in [0.29, 0.717) is 25.4 Å². The lowest BCUT2D eigenvalue weighted by Gasteiger charge is -2.19. The molecule has 1 aliphatic heterocycles. The van der Waals surface area contributed by atoms with Crippen molar-refractivity contribution in [2.45, 2.75) is 19.0 Å². The predicted octanol–water partition coefficient (Wildman–Crippen LogP) is 5.30. The highest BCUT2D eigenvalue weighted by atomic mass is 79.9. The first-order valence-electron chi connectivity index (χ1n) is 9.29. The van der Waals surface area contributed by atoms with Gasteiger partial charge in [0.05, 0.1) is 13.1 Å². The second-order valence-corrected chi connectivity index (χ2v) is 8.11. The first-order chi connectivity index (χ1) is 13.6. The molecule has 0 radical (unpaired) electrons. The molecule has 0 spiro atoms. The number of hydrogen-bond donors (Lipinski definition) is 1. The second kappa shape index (κ2) is 6.67. The normalized spacial score (nSPS) is 14.5. The van der Waals surface area contributed by atoms with E-state index in [4.69, 9.17) is 10.5 Å². The summed E-state index contributed by atoms with van der Waals surface area (Å²) >= 11 is 3.55. The molecule has 0 saturated heterocycles. The fourth-order valence-electron chi connectivity index (χ4n) is 4.29. The van der Waals surface area contributed by atoms with Crippen LogP contribution >= 0.6 is 15.9 Å². The maximum atomic E-state index is 12.8. The van der Waals surface area contributed by atoms with E-state index >= 15 is 0 Å². The summed E-state index contributed by atoms with van der Waals surface area (Å²) in [5, 5.41) is 0. The molecule has 0 atom stereocenters. The first kappa shape index (κ1) is 17.3. The summed E-state index contributed by atoms with van der Waals surface area (Å²) in [7, 11) is 0. The Balaban J connectivity index is 1.34. The molecule has 2 N–H and O–H groups in total. The zero-order chi connectivity index (χ0) is 19.3. The molecule has 140 valence electrons. The lowest BCUT2D eigenvalue weighted by Crippen LogP contribution is -2.27. The van der Waals surface area contributed by atoms with Gasteiger partial charge in [-0.25, -0.2) is 4.79 Å². The number of fused-ring (bicyclic) bond motifs is 4. The Morgan fingerprint density at radius 2 is 1.57 bits per heavy atom. The molecule has 2 aliphatic rings. The third-order valence-corrected chi connectivity index (χ3v) is 6.45. The molecule has 0 aromatic heterocycles. The van der Waals surface area contributed by atoms with Gasteiger partial charge in [0.15, 0.2) is 0 Å². The number of nitrogens with two attached hydrogens (primary N) is 1. The van der Waals surface area contributed by atoms with E-state index in [-0.39, 0.29) is 12.0 Å². The maximum absolute atomic E-state index is 12.8. The molecule has 5 heteroatoms. The summed E-state index contributed by atoms with van der Waals surface area (Å²) in [6.07, 6.45) is -0.302. The number of nitrogen functional groups attached to an aromatic ring is 1. The molecule has 3 aromatic carbocycles. The van der Waals surface area contributed by atoms with Crippen LogP contribution in [0.2, 0.25) is 0 Å². The maximum Gasteiger partial charge on any atom is 0.410 e. The Morgan fingerprint density at radius 1 is 0.964 bits per heavy atom. The average molecular weight is 435 g/mol. The quantitative estimate of drug-likeness (QED) is 0.556. The van der Waals surface area contributed by atoms with Gasteiger partial charge in [0.1, 0.15) is 6.61 Å². The van der Waals surface area contributed by atoms with Crippen LogP contribution in [-0.2, 0) is 17.8 Å². The van der Waals surface area contributed by atoms with E-state index in [1.807, 2.05) is 36.4 Å². The van der Waals surface area contributed by atoms with Gasteiger partial charge in [0.2, 0.25) is 0 Å². The highest BCUT2D eigenvalue weighted by Gasteiger charge is 2.31. The number of ether oxygens (including phenoxy) is 1. The zero-order valence-electron chi connectivity index (χ0n) is 15.2. The van der Waals surface area contributed by atoms with Crippen molar-refractivity contribution >= 4 is 27.7 Å². The van der Waals surface area contributed by atoms with Gasteiger partial charge >= 0.3 is 6.09 Å². The summed E-state index contributed by atoms with van der Waals surface area (Å²) in [6.45, 7) is 1.32. The van der Waals surface area contributed by atoms with Gasteiger partial charge in [0.25, 0.3) is 0 Å². The van der Waals surface area contributed by atoms with Crippen molar-refractivity contribution in [2.75, 3.05) is 12.3 Å². The lowest BCUT2D eigenvalue weighted by atomic mass is 9.98. The topological polar surface area (TPSA) is 55.6 Å². The van der Waals surface area contributed by atoms with Crippen LogP contribution in [0.4, 0.5) is 10.5 Å². The second-order valence-electron chi connectivity index (χ2n) is 7.25. The Morgan fingerprint density at radius 3 is 2.21 bits per heavy atom. The number of halogens is 1. The van der Waals surface area contributed by atoms with Gasteiger partial charge in [-0.2, -0.15) is 0 Å². The molecule has 0 saturated carbocycles.